The third-order valence-corrected chi connectivity index (χ3v) is 7.37. The van der Waals surface area contributed by atoms with Gasteiger partial charge in [0.1, 0.15) is 5.82 Å². The predicted molar refractivity (Wildman–Crippen MR) is 142 cm³/mol. The Labute approximate surface area is 218 Å². The first-order valence-corrected chi connectivity index (χ1v) is 13.7. The summed E-state index contributed by atoms with van der Waals surface area (Å²) in [6, 6.07) is 26.1. The second kappa shape index (κ2) is 10.1. The van der Waals surface area contributed by atoms with Gasteiger partial charge in [-0.2, -0.15) is 13.2 Å². The number of hydrogen-bond donors (Lipinski definition) is 2. The molecule has 0 saturated carbocycles. The van der Waals surface area contributed by atoms with Crippen molar-refractivity contribution in [2.24, 2.45) is 0 Å². The van der Waals surface area contributed by atoms with E-state index in [4.69, 9.17) is 0 Å². The molecule has 4 aromatic carbocycles. The zero-order valence-electron chi connectivity index (χ0n) is 20.4. The number of nitrogens with one attached hydrogen (secondary N) is 2. The number of rotatable bonds is 7. The fourth-order valence-electron chi connectivity index (χ4n) is 4.19. The van der Waals surface area contributed by atoms with E-state index in [0.29, 0.717) is 34.8 Å². The van der Waals surface area contributed by atoms with Crippen LogP contribution in [0.25, 0.3) is 33.5 Å². The fraction of sp³-hybridized carbons (Fsp3) is 0.138. The summed E-state index contributed by atoms with van der Waals surface area (Å²) in [5.74, 6) is 0.506. The molecule has 0 aliphatic heterocycles. The maximum Gasteiger partial charge on any atom is 0.416 e. The van der Waals surface area contributed by atoms with Crippen LogP contribution >= 0.6 is 0 Å². The Morgan fingerprint density at radius 2 is 1.42 bits per heavy atom. The normalized spacial score (nSPS) is 12.2. The number of nitrogens with zero attached hydrogens (tertiary/aromatic N) is 1. The summed E-state index contributed by atoms with van der Waals surface area (Å²) in [4.78, 5) is 7.78. The molecular formula is C29H24F3N3O2S. The van der Waals surface area contributed by atoms with Crippen LogP contribution in [0.5, 0.6) is 0 Å². The van der Waals surface area contributed by atoms with Gasteiger partial charge in [0, 0.05) is 24.9 Å². The van der Waals surface area contributed by atoms with Crippen molar-refractivity contribution < 1.29 is 21.6 Å². The van der Waals surface area contributed by atoms with E-state index in [1.54, 1.807) is 24.3 Å². The van der Waals surface area contributed by atoms with Gasteiger partial charge < -0.3 is 10.3 Å². The molecule has 38 heavy (non-hydrogen) atoms. The highest BCUT2D eigenvalue weighted by Crippen LogP contribution is 2.32. The van der Waals surface area contributed by atoms with Gasteiger partial charge in [0.05, 0.1) is 21.5 Å². The molecule has 194 valence electrons. The van der Waals surface area contributed by atoms with Gasteiger partial charge in [0.2, 0.25) is 0 Å². The summed E-state index contributed by atoms with van der Waals surface area (Å²) in [6.07, 6.45) is -3.22. The minimum atomic E-state index is -4.41. The topological polar surface area (TPSA) is 74.8 Å². The standard InChI is InChI=1S/C29H24F3N3O2S/c1-38(36,37)25-12-7-20(8-13-25)18-33-17-19-5-9-21(10-6-19)22-3-2-4-23(15-22)28-34-26-14-11-24(29(30,31)32)16-27(26)35-28/h2-16,33H,17-18H2,1H3,(H,34,35). The van der Waals surface area contributed by atoms with Gasteiger partial charge in [-0.1, -0.05) is 54.6 Å². The van der Waals surface area contributed by atoms with E-state index in [9.17, 15) is 21.6 Å². The summed E-state index contributed by atoms with van der Waals surface area (Å²) in [7, 11) is -3.20. The van der Waals surface area contributed by atoms with Crippen molar-refractivity contribution in [3.05, 3.63) is 108 Å². The smallest absolute Gasteiger partial charge is 0.338 e. The Hall–Kier alpha value is -3.95. The lowest BCUT2D eigenvalue weighted by molar-refractivity contribution is -0.137. The molecule has 5 aromatic rings. The van der Waals surface area contributed by atoms with E-state index in [0.717, 1.165) is 39.9 Å². The van der Waals surface area contributed by atoms with Gasteiger partial charge in [-0.25, -0.2) is 13.4 Å². The van der Waals surface area contributed by atoms with E-state index in [1.807, 2.05) is 48.5 Å². The van der Waals surface area contributed by atoms with E-state index in [2.05, 4.69) is 15.3 Å². The molecule has 9 heteroatoms. The Balaban J connectivity index is 1.26. The molecule has 1 aromatic heterocycles. The van der Waals surface area contributed by atoms with Crippen molar-refractivity contribution in [2.45, 2.75) is 24.2 Å². The lowest BCUT2D eigenvalue weighted by Gasteiger charge is -2.08. The zero-order valence-corrected chi connectivity index (χ0v) is 21.2. The van der Waals surface area contributed by atoms with Crippen molar-refractivity contribution in [2.75, 3.05) is 6.26 Å². The van der Waals surface area contributed by atoms with E-state index in [-0.39, 0.29) is 0 Å². The Morgan fingerprint density at radius 3 is 2.05 bits per heavy atom. The van der Waals surface area contributed by atoms with Crippen LogP contribution in [0.1, 0.15) is 16.7 Å². The molecule has 0 aliphatic carbocycles. The van der Waals surface area contributed by atoms with Gasteiger partial charge in [-0.3, -0.25) is 0 Å². The molecule has 0 radical (unpaired) electrons. The van der Waals surface area contributed by atoms with Crippen LogP contribution < -0.4 is 5.32 Å². The van der Waals surface area contributed by atoms with Gasteiger partial charge in [-0.05, 0) is 58.7 Å². The van der Waals surface area contributed by atoms with E-state index in [1.165, 1.54) is 12.3 Å². The quantitative estimate of drug-likeness (QED) is 0.246. The molecule has 0 bridgehead atoms. The van der Waals surface area contributed by atoms with Crippen LogP contribution in [0.4, 0.5) is 13.2 Å². The maximum absolute atomic E-state index is 13.1. The van der Waals surface area contributed by atoms with Crippen molar-refractivity contribution >= 4 is 20.9 Å². The fourth-order valence-corrected chi connectivity index (χ4v) is 4.82. The Kier molecular flexibility index (Phi) is 6.81. The molecule has 5 rings (SSSR count). The van der Waals surface area contributed by atoms with E-state index < -0.39 is 21.6 Å². The number of aromatic nitrogens is 2. The number of aromatic amines is 1. The average Bonchev–Trinajstić information content (AvgIpc) is 3.32. The first-order valence-electron chi connectivity index (χ1n) is 11.8. The monoisotopic (exact) mass is 535 g/mol. The summed E-state index contributed by atoms with van der Waals surface area (Å²) in [5.41, 5.74) is 4.92. The number of hydrogen-bond acceptors (Lipinski definition) is 4. The van der Waals surface area contributed by atoms with Gasteiger partial charge >= 0.3 is 6.18 Å². The number of alkyl halides is 3. The second-order valence-corrected chi connectivity index (χ2v) is 11.1. The summed E-state index contributed by atoms with van der Waals surface area (Å²) >= 11 is 0. The number of fused-ring (bicyclic) bond motifs is 1. The van der Waals surface area contributed by atoms with Crippen LogP contribution in [0.15, 0.2) is 95.9 Å². The molecule has 0 saturated heterocycles. The van der Waals surface area contributed by atoms with Crippen LogP contribution in [0.2, 0.25) is 0 Å². The molecule has 0 fully saturated rings. The minimum absolute atomic E-state index is 0.303. The van der Waals surface area contributed by atoms with Crippen molar-refractivity contribution in [1.82, 2.24) is 15.3 Å². The number of H-pyrrole nitrogens is 1. The summed E-state index contributed by atoms with van der Waals surface area (Å²) in [5, 5.41) is 3.36. The van der Waals surface area contributed by atoms with Crippen LogP contribution in [-0.2, 0) is 29.1 Å². The molecule has 0 amide bonds. The summed E-state index contributed by atoms with van der Waals surface area (Å²) < 4.78 is 62.3. The third kappa shape index (κ3) is 5.79. The van der Waals surface area contributed by atoms with Crippen molar-refractivity contribution in [3.63, 3.8) is 0 Å². The minimum Gasteiger partial charge on any atom is -0.338 e. The highest BCUT2D eigenvalue weighted by Gasteiger charge is 2.30. The molecule has 0 unspecified atom stereocenters. The lowest BCUT2D eigenvalue weighted by Crippen LogP contribution is -2.12. The van der Waals surface area contributed by atoms with Gasteiger partial charge in [0.15, 0.2) is 9.84 Å². The molecule has 1 heterocycles. The lowest BCUT2D eigenvalue weighted by atomic mass is 10.0. The van der Waals surface area contributed by atoms with Crippen LogP contribution in [0, 0.1) is 0 Å². The van der Waals surface area contributed by atoms with Gasteiger partial charge in [0.25, 0.3) is 0 Å². The Bertz CT molecular complexity index is 1690. The molecular weight excluding hydrogens is 511 g/mol. The number of sulfone groups is 1. The highest BCUT2D eigenvalue weighted by atomic mass is 32.2. The van der Waals surface area contributed by atoms with Crippen molar-refractivity contribution in [3.8, 4) is 22.5 Å². The molecule has 2 N–H and O–H groups in total. The van der Waals surface area contributed by atoms with Crippen LogP contribution in [0.3, 0.4) is 0 Å². The second-order valence-electron chi connectivity index (χ2n) is 9.11. The SMILES string of the molecule is CS(=O)(=O)c1ccc(CNCc2ccc(-c3cccc(-c4nc5ccc(C(F)(F)F)cc5[nH]4)c3)cc2)cc1. The molecule has 0 aliphatic rings. The van der Waals surface area contributed by atoms with Gasteiger partial charge in [-0.15, -0.1) is 0 Å². The maximum atomic E-state index is 13.1. The number of halogens is 3. The average molecular weight is 536 g/mol. The first kappa shape index (κ1) is 25.7. The zero-order chi connectivity index (χ0) is 26.9. The molecule has 5 nitrogen and oxygen atoms in total. The summed E-state index contributed by atoms with van der Waals surface area (Å²) in [6.45, 7) is 1.25. The number of benzene rings is 4. The highest BCUT2D eigenvalue weighted by molar-refractivity contribution is 7.90. The first-order chi connectivity index (χ1) is 18.1. The Morgan fingerprint density at radius 1 is 0.789 bits per heavy atom. The molecule has 0 atom stereocenters. The number of imidazole rings is 1. The predicted octanol–water partition coefficient (Wildman–Crippen LogP) is 6.61. The van der Waals surface area contributed by atoms with Crippen molar-refractivity contribution in [1.29, 1.82) is 0 Å². The molecule has 0 spiro atoms. The third-order valence-electron chi connectivity index (χ3n) is 6.24. The largest absolute Gasteiger partial charge is 0.416 e. The van der Waals surface area contributed by atoms with Crippen LogP contribution in [-0.4, -0.2) is 24.6 Å². The van der Waals surface area contributed by atoms with E-state index >= 15 is 0 Å².